The van der Waals surface area contributed by atoms with Gasteiger partial charge in [-0.3, -0.25) is 8.77 Å². The van der Waals surface area contributed by atoms with Crippen LogP contribution in [0.25, 0.3) is 22.0 Å². The average Bonchev–Trinajstić information content (AvgIpc) is 2.96. The van der Waals surface area contributed by atoms with Crippen molar-refractivity contribution in [2.45, 2.75) is 0 Å². The summed E-state index contributed by atoms with van der Waals surface area (Å²) in [7, 11) is 2.97. The van der Waals surface area contributed by atoms with Crippen molar-refractivity contribution >= 4 is 46.9 Å². The molecule has 0 bridgehead atoms. The quantitative estimate of drug-likeness (QED) is 0.459. The lowest BCUT2D eigenvalue weighted by Crippen LogP contribution is -2.17. The van der Waals surface area contributed by atoms with E-state index in [0.717, 1.165) is 0 Å². The van der Waals surface area contributed by atoms with Gasteiger partial charge in [0.05, 0.1) is 0 Å². The van der Waals surface area contributed by atoms with Gasteiger partial charge in [0.1, 0.15) is 17.0 Å². The third-order valence-corrected chi connectivity index (χ3v) is 5.13. The van der Waals surface area contributed by atoms with Gasteiger partial charge in [0.2, 0.25) is 0 Å². The van der Waals surface area contributed by atoms with Crippen LogP contribution in [0.2, 0.25) is 0 Å². The largest absolute Gasteiger partial charge is 0.316 e. The molecule has 8 heteroatoms. The molecule has 0 saturated carbocycles. The Bertz CT molecular complexity index is 951. The predicted molar refractivity (Wildman–Crippen MR) is 95.0 cm³/mol. The fourth-order valence-electron chi connectivity index (χ4n) is 2.38. The van der Waals surface area contributed by atoms with Gasteiger partial charge in [-0.05, 0) is 29.4 Å². The minimum Gasteiger partial charge on any atom is -0.316 e. The van der Waals surface area contributed by atoms with Crippen molar-refractivity contribution in [2.24, 2.45) is 12.2 Å². The van der Waals surface area contributed by atoms with Gasteiger partial charge >= 0.3 is 0 Å². The van der Waals surface area contributed by atoms with Crippen molar-refractivity contribution in [1.29, 1.82) is 0 Å². The van der Waals surface area contributed by atoms with Gasteiger partial charge in [-0.1, -0.05) is 0 Å². The molecule has 0 amide bonds. The summed E-state index contributed by atoms with van der Waals surface area (Å²) in [5.41, 5.74) is 1.24. The SMILES string of the molecule is Cn1cc(-c2cc(N=O)ccc2F)c2ccn(SI)c2c1=O. The number of hydrogen-bond acceptors (Lipinski definition) is 4. The predicted octanol–water partition coefficient (Wildman–Crippen LogP) is 4.39. The molecule has 0 aliphatic rings. The number of nitroso groups, excluding NO2 is 1. The van der Waals surface area contributed by atoms with Crippen LogP contribution in [0.15, 0.2) is 46.6 Å². The van der Waals surface area contributed by atoms with E-state index in [9.17, 15) is 14.1 Å². The molecule has 0 saturated heterocycles. The van der Waals surface area contributed by atoms with Gasteiger partial charge in [0, 0.05) is 66.3 Å². The summed E-state index contributed by atoms with van der Waals surface area (Å²) < 4.78 is 17.3. The van der Waals surface area contributed by atoms with Crippen molar-refractivity contribution in [2.75, 3.05) is 0 Å². The zero-order valence-corrected chi connectivity index (χ0v) is 14.3. The first-order valence-corrected chi connectivity index (χ1v) is 9.51. The van der Waals surface area contributed by atoms with Crippen LogP contribution in [-0.2, 0) is 7.05 Å². The van der Waals surface area contributed by atoms with E-state index >= 15 is 0 Å². The summed E-state index contributed by atoms with van der Waals surface area (Å²) >= 11 is 2.07. The van der Waals surface area contributed by atoms with Crippen molar-refractivity contribution in [1.82, 2.24) is 8.54 Å². The van der Waals surface area contributed by atoms with Crippen molar-refractivity contribution < 1.29 is 4.39 Å². The summed E-state index contributed by atoms with van der Waals surface area (Å²) in [6.07, 6.45) is 3.33. The Labute approximate surface area is 140 Å². The van der Waals surface area contributed by atoms with Crippen LogP contribution in [-0.4, -0.2) is 8.54 Å². The summed E-state index contributed by atoms with van der Waals surface area (Å²) in [5.74, 6) is -0.470. The molecule has 0 N–H and O–H groups in total. The van der Waals surface area contributed by atoms with E-state index in [2.05, 4.69) is 26.4 Å². The molecule has 2 heterocycles. The van der Waals surface area contributed by atoms with Crippen LogP contribution in [0.3, 0.4) is 0 Å². The molecule has 0 aliphatic heterocycles. The molecule has 0 radical (unpaired) electrons. The molecule has 2 aromatic heterocycles. The van der Waals surface area contributed by atoms with Crippen LogP contribution in [0.1, 0.15) is 0 Å². The lowest BCUT2D eigenvalue weighted by molar-refractivity contribution is 0.631. The first kappa shape index (κ1) is 15.2. The fourth-order valence-corrected chi connectivity index (χ4v) is 3.72. The van der Waals surface area contributed by atoms with Gasteiger partial charge in [-0.15, -0.1) is 4.91 Å². The second-order valence-electron chi connectivity index (χ2n) is 4.69. The summed E-state index contributed by atoms with van der Waals surface area (Å²) in [6.45, 7) is 0. The molecule has 1 aromatic carbocycles. The first-order chi connectivity index (χ1) is 10.6. The molecule has 3 aromatic rings. The second kappa shape index (κ2) is 5.84. The van der Waals surface area contributed by atoms with E-state index in [0.29, 0.717) is 16.5 Å². The molecule has 0 atom stereocenters. The molecule has 112 valence electrons. The zero-order valence-electron chi connectivity index (χ0n) is 11.3. The molecule has 0 fully saturated rings. The minimum atomic E-state index is -0.470. The molecule has 0 unspecified atom stereocenters. The highest BCUT2D eigenvalue weighted by atomic mass is 127. The summed E-state index contributed by atoms with van der Waals surface area (Å²) in [5, 5.41) is 3.48. The van der Waals surface area contributed by atoms with Gasteiger partial charge in [0.15, 0.2) is 0 Å². The highest BCUT2D eigenvalue weighted by Crippen LogP contribution is 2.33. The van der Waals surface area contributed by atoms with Crippen LogP contribution in [0.4, 0.5) is 10.1 Å². The van der Waals surface area contributed by atoms with Crippen molar-refractivity contribution in [3.63, 3.8) is 0 Å². The maximum absolute atomic E-state index is 14.2. The summed E-state index contributed by atoms with van der Waals surface area (Å²) in [4.78, 5) is 23.0. The van der Waals surface area contributed by atoms with E-state index in [-0.39, 0.29) is 16.8 Å². The number of fused-ring (bicyclic) bond motifs is 1. The highest BCUT2D eigenvalue weighted by molar-refractivity contribution is 14.2. The topological polar surface area (TPSA) is 56.4 Å². The lowest BCUT2D eigenvalue weighted by atomic mass is 10.0. The molecule has 0 aliphatic carbocycles. The maximum Gasteiger partial charge on any atom is 0.275 e. The molecule has 5 nitrogen and oxygen atoms in total. The highest BCUT2D eigenvalue weighted by Gasteiger charge is 2.16. The van der Waals surface area contributed by atoms with E-state index < -0.39 is 5.82 Å². The second-order valence-corrected chi connectivity index (χ2v) is 6.40. The van der Waals surface area contributed by atoms with E-state index in [1.807, 2.05) is 0 Å². The van der Waals surface area contributed by atoms with E-state index in [4.69, 9.17) is 0 Å². The van der Waals surface area contributed by atoms with Gasteiger partial charge < -0.3 is 4.57 Å². The Morgan fingerprint density at radius 3 is 2.73 bits per heavy atom. The average molecular weight is 429 g/mol. The Hall–Kier alpha value is -1.68. The number of hydrogen-bond donors (Lipinski definition) is 0. The monoisotopic (exact) mass is 429 g/mol. The van der Waals surface area contributed by atoms with Gasteiger partial charge in [-0.25, -0.2) is 4.39 Å². The maximum atomic E-state index is 14.2. The van der Waals surface area contributed by atoms with Crippen molar-refractivity contribution in [3.05, 3.63) is 57.7 Å². The Morgan fingerprint density at radius 1 is 1.27 bits per heavy atom. The number of halogens is 2. The lowest BCUT2D eigenvalue weighted by Gasteiger charge is -2.09. The first-order valence-electron chi connectivity index (χ1n) is 6.20. The minimum absolute atomic E-state index is 0.140. The molecule has 0 spiro atoms. The normalized spacial score (nSPS) is 11.0. The standard InChI is InChI=1S/C14H9FIN3O2S/c1-18-7-11(10-6-8(17-21)2-3-12(10)15)9-4-5-19(22-16)13(9)14(18)20/h2-7H,1H3. The molecular weight excluding hydrogens is 420 g/mol. The Balaban J connectivity index is 2.42. The van der Waals surface area contributed by atoms with E-state index in [1.54, 1.807) is 29.5 Å². The van der Waals surface area contributed by atoms with Gasteiger partial charge in [-0.2, -0.15) is 0 Å². The van der Waals surface area contributed by atoms with Crippen LogP contribution in [0.5, 0.6) is 0 Å². The molecule has 3 rings (SSSR count). The third-order valence-electron chi connectivity index (χ3n) is 3.41. The van der Waals surface area contributed by atoms with Gasteiger partial charge in [0.25, 0.3) is 5.56 Å². The van der Waals surface area contributed by atoms with Crippen LogP contribution < -0.4 is 5.56 Å². The van der Waals surface area contributed by atoms with Crippen LogP contribution >= 0.6 is 30.3 Å². The Kier molecular flexibility index (Phi) is 4.04. The Morgan fingerprint density at radius 2 is 2.05 bits per heavy atom. The summed E-state index contributed by atoms with van der Waals surface area (Å²) in [6, 6.07) is 5.66. The number of pyridine rings is 1. The van der Waals surface area contributed by atoms with Crippen molar-refractivity contribution in [3.8, 4) is 11.1 Å². The number of aryl methyl sites for hydroxylation is 1. The number of nitrogens with zero attached hydrogens (tertiary/aromatic N) is 3. The zero-order chi connectivity index (χ0) is 15.9. The molecule has 22 heavy (non-hydrogen) atoms. The number of aromatic nitrogens is 2. The number of rotatable bonds is 3. The van der Waals surface area contributed by atoms with E-state index in [1.165, 1.54) is 31.9 Å². The fraction of sp³-hybridized carbons (Fsp3) is 0.0714. The van der Waals surface area contributed by atoms with Crippen LogP contribution in [0, 0.1) is 10.7 Å². The molecular formula is C14H9FIN3O2S. The smallest absolute Gasteiger partial charge is 0.275 e. The third kappa shape index (κ3) is 2.35. The number of benzene rings is 1.